The Balaban J connectivity index is 1.88. The topological polar surface area (TPSA) is 131 Å². The van der Waals surface area contributed by atoms with Crippen LogP contribution in [0.4, 0.5) is 11.4 Å². The molecule has 0 spiro atoms. The molecule has 3 N–H and O–H groups in total. The molecule has 1 saturated heterocycles. The third-order valence-electron chi connectivity index (χ3n) is 6.10. The van der Waals surface area contributed by atoms with Crippen LogP contribution in [0.1, 0.15) is 26.3 Å². The van der Waals surface area contributed by atoms with E-state index in [0.29, 0.717) is 31.0 Å². The fraction of sp³-hybridized carbons (Fsp3) is 0.480. The maximum absolute atomic E-state index is 13.8. The van der Waals surface area contributed by atoms with Crippen molar-refractivity contribution in [2.24, 2.45) is 11.8 Å². The minimum atomic E-state index is -3.98. The summed E-state index contributed by atoms with van der Waals surface area (Å²) in [6.07, 6.45) is 2.12. The Morgan fingerprint density at radius 2 is 1.81 bits per heavy atom. The van der Waals surface area contributed by atoms with Gasteiger partial charge in [0.2, 0.25) is 0 Å². The second kappa shape index (κ2) is 11.2. The molecule has 0 aromatic heterocycles. The number of nitrogens with zero attached hydrogens (tertiary/aromatic N) is 2. The first-order valence-corrected chi connectivity index (χ1v) is 15.4. The molecule has 1 unspecified atom stereocenters. The molecular weight excluding hydrogens is 500 g/mol. The Kier molecular flexibility index (Phi) is 8.68. The average Bonchev–Trinajstić information content (AvgIpc) is 2.77. The number of rotatable bonds is 12. The van der Waals surface area contributed by atoms with Crippen LogP contribution in [0.25, 0.3) is 0 Å². The SMILES string of the molecule is CCc1ccc(N(CC(C)C)S(=O)(=O)c2ccc(NCC3CN(CC(=O)O)C3)c(S(C)(=N)=O)c2)cc1. The van der Waals surface area contributed by atoms with Crippen molar-refractivity contribution in [1.82, 2.24) is 4.90 Å². The third-order valence-corrected chi connectivity index (χ3v) is 9.06. The van der Waals surface area contributed by atoms with Crippen molar-refractivity contribution in [3.63, 3.8) is 0 Å². The van der Waals surface area contributed by atoms with Gasteiger partial charge < -0.3 is 10.4 Å². The van der Waals surface area contributed by atoms with Gasteiger partial charge in [-0.15, -0.1) is 0 Å². The van der Waals surface area contributed by atoms with E-state index in [2.05, 4.69) is 5.32 Å². The lowest BCUT2D eigenvalue weighted by atomic mass is 10.0. The van der Waals surface area contributed by atoms with Crippen LogP contribution in [0, 0.1) is 16.6 Å². The Labute approximate surface area is 214 Å². The van der Waals surface area contributed by atoms with Gasteiger partial charge in [0.05, 0.1) is 37.4 Å². The van der Waals surface area contributed by atoms with Crippen LogP contribution in [0.5, 0.6) is 0 Å². The highest BCUT2D eigenvalue weighted by molar-refractivity contribution is 7.93. The Bertz CT molecular complexity index is 1290. The van der Waals surface area contributed by atoms with Crippen molar-refractivity contribution >= 4 is 37.1 Å². The van der Waals surface area contributed by atoms with E-state index in [1.165, 1.54) is 22.7 Å². The van der Waals surface area contributed by atoms with Crippen LogP contribution < -0.4 is 9.62 Å². The number of hydrogen-bond acceptors (Lipinski definition) is 7. The zero-order valence-electron chi connectivity index (χ0n) is 21.2. The molecular formula is C25H36N4O5S2. The van der Waals surface area contributed by atoms with Crippen molar-refractivity contribution < 1.29 is 22.5 Å². The lowest BCUT2D eigenvalue weighted by Crippen LogP contribution is -2.51. The largest absolute Gasteiger partial charge is 0.480 e. The molecule has 1 atom stereocenters. The molecule has 9 nitrogen and oxygen atoms in total. The molecule has 0 aliphatic carbocycles. The minimum Gasteiger partial charge on any atom is -0.480 e. The highest BCUT2D eigenvalue weighted by atomic mass is 32.2. The molecule has 36 heavy (non-hydrogen) atoms. The van der Waals surface area contributed by atoms with Gasteiger partial charge in [-0.25, -0.2) is 17.4 Å². The zero-order valence-corrected chi connectivity index (χ0v) is 22.9. The van der Waals surface area contributed by atoms with E-state index in [0.717, 1.165) is 12.0 Å². The number of carboxylic acid groups (broad SMARTS) is 1. The van der Waals surface area contributed by atoms with Gasteiger partial charge in [0.25, 0.3) is 10.0 Å². The number of aliphatic carboxylic acids is 1. The van der Waals surface area contributed by atoms with Crippen molar-refractivity contribution in [2.45, 2.75) is 37.0 Å². The highest BCUT2D eigenvalue weighted by Crippen LogP contribution is 2.31. The van der Waals surface area contributed by atoms with Crippen LogP contribution in [0.2, 0.25) is 0 Å². The summed E-state index contributed by atoms with van der Waals surface area (Å²) < 4.78 is 49.9. The molecule has 1 aliphatic heterocycles. The van der Waals surface area contributed by atoms with Gasteiger partial charge in [0.15, 0.2) is 0 Å². The number of carbonyl (C=O) groups is 1. The number of benzene rings is 2. The van der Waals surface area contributed by atoms with Gasteiger partial charge >= 0.3 is 5.97 Å². The summed E-state index contributed by atoms with van der Waals surface area (Å²) >= 11 is 0. The predicted molar refractivity (Wildman–Crippen MR) is 143 cm³/mol. The van der Waals surface area contributed by atoms with Crippen LogP contribution in [-0.2, 0) is 31.0 Å². The maximum Gasteiger partial charge on any atom is 0.317 e. The van der Waals surface area contributed by atoms with Crippen LogP contribution in [0.3, 0.4) is 0 Å². The van der Waals surface area contributed by atoms with E-state index >= 15 is 0 Å². The van der Waals surface area contributed by atoms with Crippen molar-refractivity contribution in [2.75, 3.05) is 48.6 Å². The van der Waals surface area contributed by atoms with Crippen molar-refractivity contribution in [3.05, 3.63) is 48.0 Å². The lowest BCUT2D eigenvalue weighted by molar-refractivity contribution is -0.139. The lowest BCUT2D eigenvalue weighted by Gasteiger charge is -2.38. The van der Waals surface area contributed by atoms with E-state index in [4.69, 9.17) is 9.89 Å². The van der Waals surface area contributed by atoms with E-state index < -0.39 is 25.7 Å². The summed E-state index contributed by atoms with van der Waals surface area (Å²) in [5.74, 6) is -0.583. The van der Waals surface area contributed by atoms with Crippen LogP contribution in [-0.4, -0.2) is 67.6 Å². The summed E-state index contributed by atoms with van der Waals surface area (Å²) in [5, 5.41) is 12.1. The maximum atomic E-state index is 13.8. The highest BCUT2D eigenvalue weighted by Gasteiger charge is 2.30. The summed E-state index contributed by atoms with van der Waals surface area (Å²) in [4.78, 5) is 12.8. The molecule has 198 valence electrons. The Hall–Kier alpha value is -2.63. The van der Waals surface area contributed by atoms with Crippen molar-refractivity contribution in [1.29, 1.82) is 4.78 Å². The molecule has 11 heteroatoms. The molecule has 1 heterocycles. The molecule has 1 aliphatic rings. The normalized spacial score (nSPS) is 16.4. The van der Waals surface area contributed by atoms with Gasteiger partial charge in [-0.1, -0.05) is 32.9 Å². The second-order valence-corrected chi connectivity index (χ2v) is 13.8. The number of sulfonamides is 1. The van der Waals surface area contributed by atoms with E-state index in [-0.39, 0.29) is 34.7 Å². The number of hydrogen-bond donors (Lipinski definition) is 3. The first kappa shape index (κ1) is 27.9. The Morgan fingerprint density at radius 3 is 2.33 bits per heavy atom. The van der Waals surface area contributed by atoms with Crippen LogP contribution in [0.15, 0.2) is 52.3 Å². The molecule has 3 rings (SSSR count). The van der Waals surface area contributed by atoms with Gasteiger partial charge in [0.1, 0.15) is 0 Å². The number of anilines is 2. The monoisotopic (exact) mass is 536 g/mol. The standard InChI is InChI=1S/C25H36N4O5S2/c1-5-19-6-8-21(9-7-19)29(14-18(2)3)36(33,34)22-10-11-23(24(12-22)35(4,26)32)27-13-20-15-28(16-20)17-25(30)31/h6-12,18,20,26-27H,5,13-17H2,1-4H3,(H,30,31). The van der Waals surface area contributed by atoms with E-state index in [1.807, 2.05) is 37.8 Å². The predicted octanol–water partition coefficient (Wildman–Crippen LogP) is 3.56. The van der Waals surface area contributed by atoms with Gasteiger partial charge in [-0.2, -0.15) is 0 Å². The molecule has 0 radical (unpaired) electrons. The van der Waals surface area contributed by atoms with Gasteiger partial charge in [-0.05, 0) is 48.2 Å². The van der Waals surface area contributed by atoms with Gasteiger partial charge in [-0.3, -0.25) is 14.0 Å². The molecule has 1 fully saturated rings. The molecule has 0 saturated carbocycles. The fourth-order valence-electron chi connectivity index (χ4n) is 4.21. The number of carboxylic acids is 1. The minimum absolute atomic E-state index is 0.00213. The Morgan fingerprint density at radius 1 is 1.17 bits per heavy atom. The summed E-state index contributed by atoms with van der Waals surface area (Å²) in [6.45, 7) is 7.97. The molecule has 0 bridgehead atoms. The van der Waals surface area contributed by atoms with Gasteiger partial charge in [0, 0.05) is 38.4 Å². The first-order valence-electron chi connectivity index (χ1n) is 12.0. The fourth-order valence-corrected chi connectivity index (χ4v) is 6.85. The first-order chi connectivity index (χ1) is 16.8. The van der Waals surface area contributed by atoms with E-state index in [1.54, 1.807) is 18.2 Å². The quantitative estimate of drug-likeness (QED) is 0.378. The summed E-state index contributed by atoms with van der Waals surface area (Å²) in [7, 11) is -7.21. The summed E-state index contributed by atoms with van der Waals surface area (Å²) in [5.41, 5.74) is 2.12. The molecule has 0 amide bonds. The molecule has 2 aromatic rings. The van der Waals surface area contributed by atoms with E-state index in [9.17, 15) is 17.4 Å². The zero-order chi connectivity index (χ0) is 26.7. The van der Waals surface area contributed by atoms with Crippen molar-refractivity contribution in [3.8, 4) is 0 Å². The summed E-state index contributed by atoms with van der Waals surface area (Å²) in [6, 6.07) is 11.8. The second-order valence-electron chi connectivity index (χ2n) is 9.79. The number of aryl methyl sites for hydroxylation is 1. The number of likely N-dealkylation sites (tertiary alicyclic amines) is 1. The third kappa shape index (κ3) is 6.77. The number of nitrogens with one attached hydrogen (secondary N) is 2. The smallest absolute Gasteiger partial charge is 0.317 e. The van der Waals surface area contributed by atoms with Crippen LogP contribution >= 0.6 is 0 Å². The molecule has 2 aromatic carbocycles. The average molecular weight is 537 g/mol.